The van der Waals surface area contributed by atoms with Gasteiger partial charge in [0.25, 0.3) is 5.09 Å². The zero-order valence-electron chi connectivity index (χ0n) is 25.5. The van der Waals surface area contributed by atoms with Crippen LogP contribution in [0.4, 0.5) is 4.79 Å². The Morgan fingerprint density at radius 1 is 0.979 bits per heavy atom. The quantitative estimate of drug-likeness (QED) is 0.0822. The second-order valence-corrected chi connectivity index (χ2v) is 10.8. The Kier molecular flexibility index (Phi) is 11.1. The Morgan fingerprint density at radius 2 is 1.72 bits per heavy atom. The standard InChI is InChI=1S/C32H32ClN7O7/c1-2-3-11-29-34-30(33)28(18-41)38(29)17-22-12-14-25(15-13-22)26-9-4-5-10-27(26)31-35-37-39(36-31)21-46-32(42)45-19-23-7-6-8-24(16-23)20-47-40(43)44/h4-10,12-16,41H,2-3,11,17-21H2,1H3. The normalized spacial score (nSPS) is 11.0. The highest BCUT2D eigenvalue weighted by Gasteiger charge is 2.17. The molecule has 1 N–H and O–H groups in total. The average Bonchev–Trinajstić information content (AvgIpc) is 3.68. The number of aryl methyl sites for hydroxylation is 1. The lowest BCUT2D eigenvalue weighted by Gasteiger charge is -2.12. The second-order valence-electron chi connectivity index (χ2n) is 10.5. The molecule has 0 amide bonds. The number of aliphatic hydroxyl groups excluding tert-OH is 1. The number of imidazole rings is 1. The van der Waals surface area contributed by atoms with Crippen LogP contribution in [0.15, 0.2) is 72.8 Å². The molecule has 3 aromatic carbocycles. The topological polar surface area (TPSA) is 170 Å². The molecule has 14 nitrogen and oxygen atoms in total. The molecule has 0 unspecified atom stereocenters. The van der Waals surface area contributed by atoms with Crippen molar-refractivity contribution in [1.29, 1.82) is 0 Å². The van der Waals surface area contributed by atoms with Gasteiger partial charge >= 0.3 is 6.16 Å². The minimum absolute atomic E-state index is 0.105. The summed E-state index contributed by atoms with van der Waals surface area (Å²) in [5, 5.41) is 32.3. The van der Waals surface area contributed by atoms with Crippen LogP contribution in [0.1, 0.15) is 48.0 Å². The summed E-state index contributed by atoms with van der Waals surface area (Å²) in [6.45, 7) is 1.81. The first-order valence-corrected chi connectivity index (χ1v) is 15.2. The van der Waals surface area contributed by atoms with Crippen LogP contribution < -0.4 is 0 Å². The lowest BCUT2D eigenvalue weighted by molar-refractivity contribution is -0.763. The van der Waals surface area contributed by atoms with E-state index >= 15 is 0 Å². The van der Waals surface area contributed by atoms with E-state index in [0.29, 0.717) is 34.3 Å². The Labute approximate surface area is 274 Å². The molecule has 2 heterocycles. The molecule has 15 heteroatoms. The number of aromatic nitrogens is 6. The zero-order valence-corrected chi connectivity index (χ0v) is 26.2. The van der Waals surface area contributed by atoms with Gasteiger partial charge in [-0.15, -0.1) is 25.1 Å². The number of halogens is 1. The van der Waals surface area contributed by atoms with Crippen LogP contribution in [0.5, 0.6) is 0 Å². The van der Waals surface area contributed by atoms with Gasteiger partial charge in [0.15, 0.2) is 5.15 Å². The van der Waals surface area contributed by atoms with Gasteiger partial charge in [0.1, 0.15) is 19.0 Å². The SMILES string of the molecule is CCCCc1nc(Cl)c(CO)n1Cc1ccc(-c2ccccc2-c2nnn(COC(=O)OCc3cccc(CO[N+](=O)[O-])c3)n2)cc1. The Morgan fingerprint density at radius 3 is 2.45 bits per heavy atom. The molecular formula is C32H32ClN7O7. The van der Waals surface area contributed by atoms with Crippen LogP contribution in [0.3, 0.4) is 0 Å². The monoisotopic (exact) mass is 661 g/mol. The third-order valence-corrected chi connectivity index (χ3v) is 7.52. The number of hydrogen-bond donors (Lipinski definition) is 1. The first kappa shape index (κ1) is 33.0. The van der Waals surface area contributed by atoms with Crippen molar-refractivity contribution in [2.24, 2.45) is 0 Å². The minimum atomic E-state index is -0.946. The van der Waals surface area contributed by atoms with E-state index in [2.05, 4.69) is 32.2 Å². The van der Waals surface area contributed by atoms with Gasteiger partial charge in [-0.25, -0.2) is 9.78 Å². The molecule has 0 aliphatic rings. The van der Waals surface area contributed by atoms with E-state index in [0.717, 1.165) is 52.1 Å². The van der Waals surface area contributed by atoms with Crippen molar-refractivity contribution < 1.29 is 29.3 Å². The fourth-order valence-corrected chi connectivity index (χ4v) is 5.17. The molecule has 0 aliphatic heterocycles. The van der Waals surface area contributed by atoms with Crippen LogP contribution in [-0.4, -0.2) is 46.1 Å². The third kappa shape index (κ3) is 8.68. The highest BCUT2D eigenvalue weighted by molar-refractivity contribution is 6.30. The first-order valence-electron chi connectivity index (χ1n) is 14.8. The number of tetrazole rings is 1. The predicted molar refractivity (Wildman–Crippen MR) is 169 cm³/mol. The number of aliphatic hydroxyl groups is 1. The Bertz CT molecular complexity index is 1820. The van der Waals surface area contributed by atoms with Crippen molar-refractivity contribution in [1.82, 2.24) is 29.8 Å². The van der Waals surface area contributed by atoms with Crippen molar-refractivity contribution in [2.75, 3.05) is 0 Å². The maximum absolute atomic E-state index is 12.2. The molecule has 0 aliphatic carbocycles. The maximum Gasteiger partial charge on any atom is 0.510 e. The fourth-order valence-electron chi connectivity index (χ4n) is 4.91. The number of ether oxygens (including phenoxy) is 2. The summed E-state index contributed by atoms with van der Waals surface area (Å²) >= 11 is 6.31. The molecule has 47 heavy (non-hydrogen) atoms. The molecule has 0 radical (unpaired) electrons. The molecular weight excluding hydrogens is 630 g/mol. The van der Waals surface area contributed by atoms with E-state index in [4.69, 9.17) is 21.1 Å². The van der Waals surface area contributed by atoms with Gasteiger partial charge in [0.2, 0.25) is 12.6 Å². The Balaban J connectivity index is 1.21. The lowest BCUT2D eigenvalue weighted by Crippen LogP contribution is -2.13. The average molecular weight is 662 g/mol. The van der Waals surface area contributed by atoms with Crippen molar-refractivity contribution in [3.8, 4) is 22.5 Å². The van der Waals surface area contributed by atoms with Crippen LogP contribution in [-0.2, 0) is 53.8 Å². The van der Waals surface area contributed by atoms with Gasteiger partial charge < -0.3 is 24.0 Å². The van der Waals surface area contributed by atoms with Gasteiger partial charge in [0, 0.05) is 18.5 Å². The lowest BCUT2D eigenvalue weighted by atomic mass is 9.98. The van der Waals surface area contributed by atoms with Crippen LogP contribution in [0, 0.1) is 10.1 Å². The maximum atomic E-state index is 12.2. The molecule has 0 fully saturated rings. The van der Waals surface area contributed by atoms with E-state index in [-0.39, 0.29) is 26.6 Å². The number of hydrogen-bond acceptors (Lipinski definition) is 11. The smallest absolute Gasteiger partial charge is 0.429 e. The van der Waals surface area contributed by atoms with Gasteiger partial charge in [0.05, 0.1) is 12.3 Å². The number of nitrogens with zero attached hydrogens (tertiary/aromatic N) is 7. The number of carbonyl (C=O) groups excluding carboxylic acids is 1. The van der Waals surface area contributed by atoms with E-state index < -0.39 is 11.2 Å². The zero-order chi connectivity index (χ0) is 33.2. The van der Waals surface area contributed by atoms with Crippen molar-refractivity contribution in [2.45, 2.75) is 59.3 Å². The summed E-state index contributed by atoms with van der Waals surface area (Å²) in [6, 6.07) is 22.3. The third-order valence-electron chi connectivity index (χ3n) is 7.22. The summed E-state index contributed by atoms with van der Waals surface area (Å²) in [4.78, 5) is 32.6. The van der Waals surface area contributed by atoms with Gasteiger partial charge in [-0.05, 0) is 39.5 Å². The van der Waals surface area contributed by atoms with E-state index in [9.17, 15) is 20.0 Å². The molecule has 0 atom stereocenters. The molecule has 2 aromatic heterocycles. The molecule has 5 aromatic rings. The number of rotatable bonds is 15. The number of unbranched alkanes of at least 4 members (excludes halogenated alkanes) is 1. The largest absolute Gasteiger partial charge is 0.510 e. The van der Waals surface area contributed by atoms with Crippen LogP contribution in [0.25, 0.3) is 22.5 Å². The Hall–Kier alpha value is -5.34. The van der Waals surface area contributed by atoms with Gasteiger partial charge in [-0.1, -0.05) is 97.7 Å². The molecule has 0 spiro atoms. The molecule has 244 valence electrons. The highest BCUT2D eigenvalue weighted by atomic mass is 35.5. The first-order chi connectivity index (χ1) is 22.8. The van der Waals surface area contributed by atoms with E-state index in [1.807, 2.05) is 53.1 Å². The van der Waals surface area contributed by atoms with Gasteiger partial charge in [-0.3, -0.25) is 0 Å². The molecule has 5 rings (SSSR count). The molecule has 0 bridgehead atoms. The summed E-state index contributed by atoms with van der Waals surface area (Å²) in [5.41, 5.74) is 5.35. The summed E-state index contributed by atoms with van der Waals surface area (Å²) in [5.74, 6) is 1.20. The van der Waals surface area contributed by atoms with Crippen molar-refractivity contribution >= 4 is 17.8 Å². The highest BCUT2D eigenvalue weighted by Crippen LogP contribution is 2.30. The van der Waals surface area contributed by atoms with Crippen LogP contribution in [0.2, 0.25) is 5.15 Å². The number of carbonyl (C=O) groups is 1. The summed E-state index contributed by atoms with van der Waals surface area (Å²) < 4.78 is 12.2. The second kappa shape index (κ2) is 15.8. The van der Waals surface area contributed by atoms with E-state index in [1.54, 1.807) is 24.3 Å². The van der Waals surface area contributed by atoms with Crippen molar-refractivity contribution in [3.05, 3.63) is 116 Å². The summed E-state index contributed by atoms with van der Waals surface area (Å²) in [6.07, 6.45) is 1.84. The summed E-state index contributed by atoms with van der Waals surface area (Å²) in [7, 11) is 0. The minimum Gasteiger partial charge on any atom is -0.429 e. The molecule has 0 saturated heterocycles. The molecule has 0 saturated carbocycles. The fraction of sp³-hybridized carbons (Fsp3) is 0.281. The van der Waals surface area contributed by atoms with Crippen molar-refractivity contribution in [3.63, 3.8) is 0 Å². The van der Waals surface area contributed by atoms with Crippen LogP contribution >= 0.6 is 11.6 Å². The van der Waals surface area contributed by atoms with Gasteiger partial charge in [-0.2, -0.15) is 0 Å². The predicted octanol–water partition coefficient (Wildman–Crippen LogP) is 5.76. The van der Waals surface area contributed by atoms with E-state index in [1.165, 1.54) is 0 Å². The number of benzene rings is 3.